The summed E-state index contributed by atoms with van der Waals surface area (Å²) < 4.78 is 18.8. The second-order valence-electron chi connectivity index (χ2n) is 4.21. The van der Waals surface area contributed by atoms with Crippen LogP contribution < -0.4 is 5.73 Å². The lowest BCUT2D eigenvalue weighted by molar-refractivity contribution is 0.429. The smallest absolute Gasteiger partial charge is 0.263 e. The number of nitrogens with zero attached hydrogens (tertiary/aromatic N) is 4. The molecule has 0 unspecified atom stereocenters. The SMILES string of the molecule is Cc1cnc(-c2noc(-c3c(N)cccc3F)n2)nc1. The number of nitrogen functional groups attached to an aromatic ring is 1. The van der Waals surface area contributed by atoms with E-state index in [4.69, 9.17) is 10.3 Å². The van der Waals surface area contributed by atoms with Crippen LogP contribution in [0.1, 0.15) is 5.56 Å². The Morgan fingerprint density at radius 3 is 2.60 bits per heavy atom. The summed E-state index contributed by atoms with van der Waals surface area (Å²) >= 11 is 0. The zero-order valence-electron chi connectivity index (χ0n) is 10.5. The van der Waals surface area contributed by atoms with Crippen LogP contribution in [-0.2, 0) is 0 Å². The molecule has 0 aliphatic carbocycles. The van der Waals surface area contributed by atoms with Crippen LogP contribution in [0.4, 0.5) is 10.1 Å². The maximum absolute atomic E-state index is 13.8. The van der Waals surface area contributed by atoms with Crippen molar-refractivity contribution in [2.75, 3.05) is 5.73 Å². The molecular formula is C13H10FN5O. The van der Waals surface area contributed by atoms with Crippen LogP contribution in [0.25, 0.3) is 23.1 Å². The van der Waals surface area contributed by atoms with Crippen LogP contribution in [-0.4, -0.2) is 20.1 Å². The fourth-order valence-corrected chi connectivity index (χ4v) is 1.69. The molecule has 3 aromatic rings. The molecule has 2 aromatic heterocycles. The zero-order chi connectivity index (χ0) is 14.1. The van der Waals surface area contributed by atoms with Crippen molar-refractivity contribution in [3.05, 3.63) is 42.0 Å². The minimum Gasteiger partial charge on any atom is -0.398 e. The average molecular weight is 271 g/mol. The highest BCUT2D eigenvalue weighted by atomic mass is 19.1. The number of benzene rings is 1. The van der Waals surface area contributed by atoms with Gasteiger partial charge in [0, 0.05) is 18.1 Å². The van der Waals surface area contributed by atoms with Gasteiger partial charge in [-0.3, -0.25) is 0 Å². The van der Waals surface area contributed by atoms with Crippen molar-refractivity contribution in [1.82, 2.24) is 20.1 Å². The summed E-state index contributed by atoms with van der Waals surface area (Å²) in [5.74, 6) is -0.0343. The fraction of sp³-hybridized carbons (Fsp3) is 0.0769. The number of nitrogens with two attached hydrogens (primary N) is 1. The van der Waals surface area contributed by atoms with E-state index < -0.39 is 5.82 Å². The fourth-order valence-electron chi connectivity index (χ4n) is 1.69. The summed E-state index contributed by atoms with van der Waals surface area (Å²) in [5, 5.41) is 3.74. The van der Waals surface area contributed by atoms with E-state index in [1.165, 1.54) is 12.1 Å². The maximum atomic E-state index is 13.8. The standard InChI is InChI=1S/C13H10FN5O/c1-7-5-16-11(17-6-7)12-18-13(20-19-12)10-8(14)3-2-4-9(10)15/h2-6H,15H2,1H3. The Bertz CT molecular complexity index is 733. The third-order valence-corrected chi connectivity index (χ3v) is 2.67. The van der Waals surface area contributed by atoms with Crippen molar-refractivity contribution >= 4 is 5.69 Å². The van der Waals surface area contributed by atoms with Gasteiger partial charge in [0.05, 0.1) is 5.56 Å². The lowest BCUT2D eigenvalue weighted by Gasteiger charge is -2.00. The number of hydrogen-bond donors (Lipinski definition) is 1. The Labute approximate surface area is 113 Å². The van der Waals surface area contributed by atoms with Gasteiger partial charge in [0.1, 0.15) is 5.82 Å². The minimum atomic E-state index is -0.523. The van der Waals surface area contributed by atoms with E-state index in [-0.39, 0.29) is 23.0 Å². The molecule has 0 aliphatic rings. The van der Waals surface area contributed by atoms with Crippen molar-refractivity contribution < 1.29 is 8.91 Å². The second-order valence-corrected chi connectivity index (χ2v) is 4.21. The van der Waals surface area contributed by atoms with Crippen molar-refractivity contribution in [2.45, 2.75) is 6.92 Å². The Balaban J connectivity index is 2.04. The van der Waals surface area contributed by atoms with E-state index in [0.717, 1.165) is 5.56 Å². The summed E-state index contributed by atoms with van der Waals surface area (Å²) in [5.41, 5.74) is 6.94. The molecule has 2 N–H and O–H groups in total. The summed E-state index contributed by atoms with van der Waals surface area (Å²) in [4.78, 5) is 12.2. The first-order chi connectivity index (χ1) is 9.65. The van der Waals surface area contributed by atoms with Crippen LogP contribution >= 0.6 is 0 Å². The van der Waals surface area contributed by atoms with Crippen molar-refractivity contribution in [3.8, 4) is 23.1 Å². The molecule has 6 nitrogen and oxygen atoms in total. The van der Waals surface area contributed by atoms with Crippen molar-refractivity contribution in [2.24, 2.45) is 0 Å². The van der Waals surface area contributed by atoms with E-state index in [1.807, 2.05) is 6.92 Å². The first kappa shape index (κ1) is 12.2. The molecular weight excluding hydrogens is 261 g/mol. The number of halogens is 1. The topological polar surface area (TPSA) is 90.7 Å². The summed E-state index contributed by atoms with van der Waals surface area (Å²) in [6.07, 6.45) is 3.27. The molecule has 0 bridgehead atoms. The summed E-state index contributed by atoms with van der Waals surface area (Å²) in [6, 6.07) is 4.34. The largest absolute Gasteiger partial charge is 0.398 e. The number of rotatable bonds is 2. The van der Waals surface area contributed by atoms with Gasteiger partial charge < -0.3 is 10.3 Å². The molecule has 100 valence electrons. The van der Waals surface area contributed by atoms with Crippen LogP contribution in [0.15, 0.2) is 35.1 Å². The van der Waals surface area contributed by atoms with Gasteiger partial charge in [-0.1, -0.05) is 11.2 Å². The average Bonchev–Trinajstić information content (AvgIpc) is 2.89. The highest BCUT2D eigenvalue weighted by Crippen LogP contribution is 2.28. The van der Waals surface area contributed by atoms with Crippen molar-refractivity contribution in [1.29, 1.82) is 0 Å². The van der Waals surface area contributed by atoms with Gasteiger partial charge >= 0.3 is 0 Å². The Morgan fingerprint density at radius 2 is 1.90 bits per heavy atom. The monoisotopic (exact) mass is 271 g/mol. The van der Waals surface area contributed by atoms with Gasteiger partial charge in [0.15, 0.2) is 0 Å². The number of hydrogen-bond acceptors (Lipinski definition) is 6. The van der Waals surface area contributed by atoms with Crippen molar-refractivity contribution in [3.63, 3.8) is 0 Å². The van der Waals surface area contributed by atoms with E-state index >= 15 is 0 Å². The molecule has 20 heavy (non-hydrogen) atoms. The van der Waals surface area contributed by atoms with Crippen LogP contribution in [0, 0.1) is 12.7 Å². The number of aryl methyl sites for hydroxylation is 1. The molecule has 0 spiro atoms. The summed E-state index contributed by atoms with van der Waals surface area (Å²) in [6.45, 7) is 1.87. The molecule has 0 radical (unpaired) electrons. The maximum Gasteiger partial charge on any atom is 0.263 e. The normalized spacial score (nSPS) is 10.7. The lowest BCUT2D eigenvalue weighted by Crippen LogP contribution is -1.94. The quantitative estimate of drug-likeness (QED) is 0.719. The number of anilines is 1. The molecule has 0 fully saturated rings. The van der Waals surface area contributed by atoms with Gasteiger partial charge in [0.2, 0.25) is 11.6 Å². The zero-order valence-corrected chi connectivity index (χ0v) is 10.5. The van der Waals surface area contributed by atoms with Gasteiger partial charge in [-0.15, -0.1) is 0 Å². The van der Waals surface area contributed by atoms with E-state index in [9.17, 15) is 4.39 Å². The second kappa shape index (κ2) is 4.69. The third-order valence-electron chi connectivity index (χ3n) is 2.67. The van der Waals surface area contributed by atoms with E-state index in [1.54, 1.807) is 18.5 Å². The lowest BCUT2D eigenvalue weighted by atomic mass is 10.1. The third kappa shape index (κ3) is 2.09. The van der Waals surface area contributed by atoms with Gasteiger partial charge in [-0.25, -0.2) is 14.4 Å². The Morgan fingerprint density at radius 1 is 1.15 bits per heavy atom. The van der Waals surface area contributed by atoms with E-state index in [2.05, 4.69) is 20.1 Å². The van der Waals surface area contributed by atoms with E-state index in [0.29, 0.717) is 5.82 Å². The molecule has 0 aliphatic heterocycles. The predicted octanol–water partition coefficient (Wildman–Crippen LogP) is 2.22. The van der Waals surface area contributed by atoms with Crippen LogP contribution in [0.3, 0.4) is 0 Å². The summed E-state index contributed by atoms with van der Waals surface area (Å²) in [7, 11) is 0. The molecule has 0 amide bonds. The molecule has 0 saturated heterocycles. The van der Waals surface area contributed by atoms with Crippen LogP contribution in [0.2, 0.25) is 0 Å². The Kier molecular flexibility index (Phi) is 2.86. The van der Waals surface area contributed by atoms with Gasteiger partial charge in [0.25, 0.3) is 5.89 Å². The number of aromatic nitrogens is 4. The highest BCUT2D eigenvalue weighted by molar-refractivity contribution is 5.71. The minimum absolute atomic E-state index is 0.000208. The Hall–Kier alpha value is -2.83. The first-order valence-electron chi connectivity index (χ1n) is 5.82. The molecule has 2 heterocycles. The van der Waals surface area contributed by atoms with Crippen LogP contribution in [0.5, 0.6) is 0 Å². The molecule has 0 saturated carbocycles. The van der Waals surface area contributed by atoms with Gasteiger partial charge in [-0.2, -0.15) is 4.98 Å². The molecule has 0 atom stereocenters. The van der Waals surface area contributed by atoms with Gasteiger partial charge in [-0.05, 0) is 24.6 Å². The highest BCUT2D eigenvalue weighted by Gasteiger charge is 2.18. The molecule has 3 rings (SSSR count). The predicted molar refractivity (Wildman–Crippen MR) is 69.9 cm³/mol. The first-order valence-corrected chi connectivity index (χ1v) is 5.82. The molecule has 1 aromatic carbocycles. The molecule has 7 heteroatoms.